The Labute approximate surface area is 165 Å². The van der Waals surface area contributed by atoms with Crippen LogP contribution in [0.4, 0.5) is 0 Å². The van der Waals surface area contributed by atoms with Gasteiger partial charge in [-0.1, -0.05) is 27.2 Å². The van der Waals surface area contributed by atoms with Crippen molar-refractivity contribution in [3.8, 4) is 0 Å². The van der Waals surface area contributed by atoms with Crippen LogP contribution < -0.4 is 11.1 Å². The smallest absolute Gasteiger partial charge is 0.240 e. The number of nitrogens with zero attached hydrogens (tertiary/aromatic N) is 1. The van der Waals surface area contributed by atoms with E-state index in [1.807, 2.05) is 20.8 Å². The Bertz CT molecular complexity index is 423. The van der Waals surface area contributed by atoms with Crippen LogP contribution in [0.3, 0.4) is 0 Å². The van der Waals surface area contributed by atoms with Gasteiger partial charge in [0, 0.05) is 37.6 Å². The predicted molar refractivity (Wildman–Crippen MR) is 108 cm³/mol. The Kier molecular flexibility index (Phi) is 10.3. The average molecular weight is 398 g/mol. The standard InChI is InChI=1S/C18H35N3O2.2ClH/c1-5-14-9-7-8-11-21(14)12-10-20-16(22)18(19)13-15(23-6-2)17(18,3)4;;/h14-15H,5-13,19H2,1-4H3,(H,20,22);2*1H. The first-order valence-corrected chi connectivity index (χ1v) is 9.29. The van der Waals surface area contributed by atoms with Crippen LogP contribution in [0.2, 0.25) is 0 Å². The first kappa shape index (κ1) is 24.9. The monoisotopic (exact) mass is 397 g/mol. The minimum absolute atomic E-state index is 0. The number of nitrogens with two attached hydrogens (primary N) is 1. The second kappa shape index (κ2) is 10.3. The Morgan fingerprint density at radius 1 is 1.28 bits per heavy atom. The molecule has 0 bridgehead atoms. The molecule has 1 saturated heterocycles. The van der Waals surface area contributed by atoms with Gasteiger partial charge in [-0.15, -0.1) is 24.8 Å². The summed E-state index contributed by atoms with van der Waals surface area (Å²) in [5.41, 5.74) is 5.29. The van der Waals surface area contributed by atoms with E-state index < -0.39 is 5.54 Å². The molecule has 2 aliphatic rings. The van der Waals surface area contributed by atoms with Gasteiger partial charge in [0.25, 0.3) is 0 Å². The van der Waals surface area contributed by atoms with Gasteiger partial charge in [0.1, 0.15) is 5.54 Å². The lowest BCUT2D eigenvalue weighted by Gasteiger charge is -2.57. The zero-order chi connectivity index (χ0) is 17.1. The van der Waals surface area contributed by atoms with Crippen molar-refractivity contribution in [3.63, 3.8) is 0 Å². The molecule has 2 rings (SSSR count). The third-order valence-corrected chi connectivity index (χ3v) is 6.14. The second-order valence-electron chi connectivity index (χ2n) is 7.69. The van der Waals surface area contributed by atoms with Gasteiger partial charge in [0.2, 0.25) is 5.91 Å². The molecule has 2 fully saturated rings. The Hall–Kier alpha value is -0.0700. The summed E-state index contributed by atoms with van der Waals surface area (Å²) in [5.74, 6) is -0.0245. The van der Waals surface area contributed by atoms with Gasteiger partial charge >= 0.3 is 0 Å². The fraction of sp³-hybridized carbons (Fsp3) is 0.944. The van der Waals surface area contributed by atoms with Crippen molar-refractivity contribution in [3.05, 3.63) is 0 Å². The minimum atomic E-state index is -0.807. The van der Waals surface area contributed by atoms with E-state index in [1.165, 1.54) is 25.7 Å². The van der Waals surface area contributed by atoms with Crippen molar-refractivity contribution >= 4 is 30.7 Å². The first-order valence-electron chi connectivity index (χ1n) is 9.29. The second-order valence-corrected chi connectivity index (χ2v) is 7.69. The maximum Gasteiger partial charge on any atom is 0.240 e. The molecule has 1 aliphatic carbocycles. The first-order chi connectivity index (χ1) is 10.9. The zero-order valence-corrected chi connectivity index (χ0v) is 17.8. The normalized spacial score (nSPS) is 31.2. The van der Waals surface area contributed by atoms with Gasteiger partial charge in [-0.3, -0.25) is 9.69 Å². The van der Waals surface area contributed by atoms with E-state index in [2.05, 4.69) is 17.1 Å². The molecule has 25 heavy (non-hydrogen) atoms. The van der Waals surface area contributed by atoms with Crippen molar-refractivity contribution in [1.82, 2.24) is 10.2 Å². The summed E-state index contributed by atoms with van der Waals surface area (Å²) in [5, 5.41) is 3.07. The lowest BCUT2D eigenvalue weighted by atomic mass is 9.54. The van der Waals surface area contributed by atoms with Crippen molar-refractivity contribution in [2.24, 2.45) is 11.1 Å². The number of hydrogen-bond donors (Lipinski definition) is 2. The highest BCUT2D eigenvalue weighted by Gasteiger charge is 2.62. The highest BCUT2D eigenvalue weighted by Crippen LogP contribution is 2.49. The van der Waals surface area contributed by atoms with Crippen molar-refractivity contribution in [2.45, 2.75) is 77.5 Å². The summed E-state index contributed by atoms with van der Waals surface area (Å²) in [6, 6.07) is 0.676. The molecule has 3 atom stereocenters. The Balaban J connectivity index is 0.00000288. The quantitative estimate of drug-likeness (QED) is 0.692. The Morgan fingerprint density at radius 3 is 2.52 bits per heavy atom. The number of carbonyl (C=O) groups excluding carboxylic acids is 1. The Morgan fingerprint density at radius 2 is 1.96 bits per heavy atom. The topological polar surface area (TPSA) is 67.6 Å². The molecule has 0 aromatic heterocycles. The highest BCUT2D eigenvalue weighted by molar-refractivity contribution is 5.88. The van der Waals surface area contributed by atoms with Gasteiger partial charge in [-0.2, -0.15) is 0 Å². The molecule has 150 valence electrons. The molecule has 7 heteroatoms. The minimum Gasteiger partial charge on any atom is -0.378 e. The van der Waals surface area contributed by atoms with Gasteiger partial charge < -0.3 is 15.8 Å². The number of halogens is 2. The molecule has 0 radical (unpaired) electrons. The molecule has 1 saturated carbocycles. The third kappa shape index (κ3) is 5.01. The van der Waals surface area contributed by atoms with Gasteiger partial charge in [0.05, 0.1) is 6.10 Å². The van der Waals surface area contributed by atoms with E-state index >= 15 is 0 Å². The average Bonchev–Trinajstić information content (AvgIpc) is 2.54. The molecule has 3 unspecified atom stereocenters. The summed E-state index contributed by atoms with van der Waals surface area (Å²) in [6.45, 7) is 11.7. The zero-order valence-electron chi connectivity index (χ0n) is 16.2. The van der Waals surface area contributed by atoms with E-state index in [0.717, 1.165) is 13.1 Å². The molecule has 1 amide bonds. The molecule has 0 aromatic rings. The van der Waals surface area contributed by atoms with Crippen LogP contribution in [0.1, 0.15) is 59.8 Å². The van der Waals surface area contributed by atoms with E-state index in [-0.39, 0.29) is 42.2 Å². The van der Waals surface area contributed by atoms with Crippen LogP contribution in [0.5, 0.6) is 0 Å². The molecule has 1 heterocycles. The van der Waals surface area contributed by atoms with Crippen molar-refractivity contribution in [2.75, 3.05) is 26.2 Å². The van der Waals surface area contributed by atoms with E-state index in [9.17, 15) is 4.79 Å². The number of rotatable bonds is 7. The molecule has 1 aliphatic heterocycles. The van der Waals surface area contributed by atoms with Crippen LogP contribution in [-0.4, -0.2) is 54.7 Å². The predicted octanol–water partition coefficient (Wildman–Crippen LogP) is 2.74. The molecule has 5 nitrogen and oxygen atoms in total. The SMILES string of the molecule is CCOC1CC(N)(C(=O)NCCN2CCCCC2CC)C1(C)C.Cl.Cl. The molecular formula is C18H37Cl2N3O2. The fourth-order valence-electron chi connectivity index (χ4n) is 4.11. The molecule has 3 N–H and O–H groups in total. The van der Waals surface area contributed by atoms with Crippen molar-refractivity contribution < 1.29 is 9.53 Å². The largest absolute Gasteiger partial charge is 0.378 e. The number of likely N-dealkylation sites (tertiary alicyclic amines) is 1. The summed E-state index contributed by atoms with van der Waals surface area (Å²) < 4.78 is 5.70. The van der Waals surface area contributed by atoms with Crippen LogP contribution in [-0.2, 0) is 9.53 Å². The van der Waals surface area contributed by atoms with Crippen LogP contribution in [0.15, 0.2) is 0 Å². The summed E-state index contributed by atoms with van der Waals surface area (Å²) in [7, 11) is 0. The van der Waals surface area contributed by atoms with Gasteiger partial charge in [-0.05, 0) is 32.7 Å². The molecule has 0 spiro atoms. The van der Waals surface area contributed by atoms with E-state index in [0.29, 0.717) is 25.6 Å². The number of carbonyl (C=O) groups is 1. The summed E-state index contributed by atoms with van der Waals surface area (Å²) in [4.78, 5) is 15.1. The molecule has 0 aromatic carbocycles. The lowest BCUT2D eigenvalue weighted by Crippen LogP contribution is -2.76. The maximum absolute atomic E-state index is 12.6. The summed E-state index contributed by atoms with van der Waals surface area (Å²) in [6.07, 6.45) is 5.77. The third-order valence-electron chi connectivity index (χ3n) is 6.14. The van der Waals surface area contributed by atoms with Crippen molar-refractivity contribution in [1.29, 1.82) is 0 Å². The van der Waals surface area contributed by atoms with Gasteiger partial charge in [-0.25, -0.2) is 0 Å². The highest BCUT2D eigenvalue weighted by atomic mass is 35.5. The number of piperidine rings is 1. The number of amides is 1. The van der Waals surface area contributed by atoms with E-state index in [1.54, 1.807) is 0 Å². The number of ether oxygens (including phenoxy) is 1. The van der Waals surface area contributed by atoms with Crippen LogP contribution in [0.25, 0.3) is 0 Å². The lowest BCUT2D eigenvalue weighted by molar-refractivity contribution is -0.170. The van der Waals surface area contributed by atoms with Gasteiger partial charge in [0.15, 0.2) is 0 Å². The number of nitrogens with one attached hydrogen (secondary N) is 1. The maximum atomic E-state index is 12.6. The number of hydrogen-bond acceptors (Lipinski definition) is 4. The molecular weight excluding hydrogens is 361 g/mol. The van der Waals surface area contributed by atoms with Crippen LogP contribution >= 0.6 is 24.8 Å². The fourth-order valence-corrected chi connectivity index (χ4v) is 4.11. The van der Waals surface area contributed by atoms with E-state index in [4.69, 9.17) is 10.5 Å². The summed E-state index contributed by atoms with van der Waals surface area (Å²) >= 11 is 0. The van der Waals surface area contributed by atoms with Crippen LogP contribution in [0, 0.1) is 5.41 Å².